The van der Waals surface area contributed by atoms with E-state index in [1.54, 1.807) is 0 Å². The van der Waals surface area contributed by atoms with Gasteiger partial charge in [-0.25, -0.2) is 0 Å². The summed E-state index contributed by atoms with van der Waals surface area (Å²) in [6.07, 6.45) is 20.6. The largest absolute Gasteiger partial charge is 0.353 e. The van der Waals surface area contributed by atoms with Gasteiger partial charge in [0, 0.05) is 31.6 Å². The molecule has 0 saturated heterocycles. The Morgan fingerprint density at radius 1 is 0.788 bits per heavy atom. The van der Waals surface area contributed by atoms with Gasteiger partial charge in [-0.15, -0.1) is 0 Å². The molecule has 6 heteroatoms. The number of carbonyl (C=O) groups is 1. The third-order valence-electron chi connectivity index (χ3n) is 6.23. The number of nitrogens with zero attached hydrogens (tertiary/aromatic N) is 1. The first-order chi connectivity index (χ1) is 15.9. The number of hydrogen-bond donors (Lipinski definition) is 2. The lowest BCUT2D eigenvalue weighted by Gasteiger charge is -2.31. The van der Waals surface area contributed by atoms with Crippen LogP contribution in [0.3, 0.4) is 0 Å². The predicted molar refractivity (Wildman–Crippen MR) is 147 cm³/mol. The lowest BCUT2D eigenvalue weighted by Crippen LogP contribution is -2.38. The van der Waals surface area contributed by atoms with Gasteiger partial charge in [0.1, 0.15) is 0 Å². The molecule has 0 radical (unpaired) electrons. The Kier molecular flexibility index (Phi) is 23.4. The Hall–Kier alpha value is -0.220. The molecule has 0 aromatic carbocycles. The number of unbranched alkanes of at least 4 members (excludes halogenated alkanes) is 14. The van der Waals surface area contributed by atoms with Gasteiger partial charge in [0.2, 0.25) is 5.91 Å². The van der Waals surface area contributed by atoms with E-state index in [4.69, 9.17) is 10.3 Å². The van der Waals surface area contributed by atoms with E-state index in [2.05, 4.69) is 44.6 Å². The van der Waals surface area contributed by atoms with E-state index in [9.17, 15) is 4.79 Å². The first-order valence-corrected chi connectivity index (χ1v) is 14.9. The number of nitrogens with two attached hydrogens (primary N) is 1. The van der Waals surface area contributed by atoms with E-state index in [-0.39, 0.29) is 21.0 Å². The molecule has 0 aromatic heterocycles. The van der Waals surface area contributed by atoms with Gasteiger partial charge < -0.3 is 15.6 Å². The molecule has 0 aliphatic rings. The smallest absolute Gasteiger partial charge is 0.220 e. The summed E-state index contributed by atoms with van der Waals surface area (Å²) in [4.78, 5) is 12.1. The number of hydrogen-bond acceptors (Lipinski definition) is 4. The number of amides is 1. The summed E-state index contributed by atoms with van der Waals surface area (Å²) in [6, 6.07) is 0.864. The second-order valence-corrected chi connectivity index (χ2v) is 11.1. The molecule has 0 rings (SSSR count). The fourth-order valence-corrected chi connectivity index (χ4v) is 4.96. The molecule has 198 valence electrons. The maximum absolute atomic E-state index is 12.1. The second-order valence-electron chi connectivity index (χ2n) is 10.2. The summed E-state index contributed by atoms with van der Waals surface area (Å²) >= 11 is 0. The van der Waals surface area contributed by atoms with Gasteiger partial charge >= 0.3 is 0 Å². The van der Waals surface area contributed by atoms with E-state index >= 15 is 0 Å². The van der Waals surface area contributed by atoms with E-state index in [1.165, 1.54) is 83.5 Å². The van der Waals surface area contributed by atoms with Crippen molar-refractivity contribution in [2.24, 2.45) is 5.73 Å². The Labute approximate surface area is 208 Å². The van der Waals surface area contributed by atoms with Crippen LogP contribution >= 0.6 is 8.96 Å². The molecule has 0 aromatic rings. The van der Waals surface area contributed by atoms with Gasteiger partial charge in [0.25, 0.3) is 0 Å². The first-order valence-electron chi connectivity index (χ1n) is 14.1. The zero-order valence-corrected chi connectivity index (χ0v) is 23.8. The van der Waals surface area contributed by atoms with Crippen molar-refractivity contribution in [3.8, 4) is 0 Å². The number of nitrogens with one attached hydrogen (secondary N) is 1. The lowest BCUT2D eigenvalue weighted by molar-refractivity contribution is -0.121. The fourth-order valence-electron chi connectivity index (χ4n) is 4.09. The average Bonchev–Trinajstić information content (AvgIpc) is 2.78. The molecule has 0 aliphatic heterocycles. The maximum atomic E-state index is 12.1. The SMILES string of the molecule is CCCCCCCCCCCCCCCCCC(=O)NCC(CN)OPN(C(C)C)C(C)C. The normalized spacial score (nSPS) is 13.1. The van der Waals surface area contributed by atoms with Gasteiger partial charge in [0.05, 0.1) is 15.1 Å². The molecule has 33 heavy (non-hydrogen) atoms. The second kappa shape index (κ2) is 23.5. The predicted octanol–water partition coefficient (Wildman–Crippen LogP) is 7.34. The van der Waals surface area contributed by atoms with Crippen LogP contribution in [0.25, 0.3) is 0 Å². The summed E-state index contributed by atoms with van der Waals surface area (Å²) in [6.45, 7) is 11.9. The van der Waals surface area contributed by atoms with Crippen molar-refractivity contribution in [1.29, 1.82) is 0 Å². The molecule has 2 atom stereocenters. The average molecular weight is 488 g/mol. The number of carbonyl (C=O) groups excluding carboxylic acids is 1. The molecule has 5 nitrogen and oxygen atoms in total. The molecule has 0 heterocycles. The summed E-state index contributed by atoms with van der Waals surface area (Å²) in [5.74, 6) is 0.125. The molecule has 0 aliphatic carbocycles. The van der Waals surface area contributed by atoms with Crippen LogP contribution < -0.4 is 11.1 Å². The molecule has 0 bridgehead atoms. The monoisotopic (exact) mass is 487 g/mol. The van der Waals surface area contributed by atoms with Crippen LogP contribution in [0, 0.1) is 0 Å². The Morgan fingerprint density at radius 3 is 1.61 bits per heavy atom. The van der Waals surface area contributed by atoms with Crippen molar-refractivity contribution >= 4 is 14.9 Å². The number of rotatable bonds is 24. The van der Waals surface area contributed by atoms with Crippen molar-refractivity contribution < 1.29 is 9.32 Å². The van der Waals surface area contributed by atoms with Crippen molar-refractivity contribution in [2.75, 3.05) is 13.1 Å². The minimum absolute atomic E-state index is 0.117. The highest BCUT2D eigenvalue weighted by Crippen LogP contribution is 2.27. The van der Waals surface area contributed by atoms with Crippen LogP contribution in [0.1, 0.15) is 137 Å². The molecular weight excluding hydrogens is 429 g/mol. The molecule has 3 N–H and O–H groups in total. The van der Waals surface area contributed by atoms with Crippen LogP contribution in [-0.4, -0.2) is 41.9 Å². The fraction of sp³-hybridized carbons (Fsp3) is 0.963. The summed E-state index contributed by atoms with van der Waals surface area (Å²) in [5, 5.41) is 3.01. The van der Waals surface area contributed by atoms with Crippen LogP contribution in [0.5, 0.6) is 0 Å². The molecular formula is C27H58N3O2P. The Balaban J connectivity index is 3.56. The van der Waals surface area contributed by atoms with E-state index in [1.807, 2.05) is 0 Å². The highest BCUT2D eigenvalue weighted by atomic mass is 31.1. The Bertz CT molecular complexity index is 428. The molecule has 1 amide bonds. The van der Waals surface area contributed by atoms with Gasteiger partial charge in [-0.3, -0.25) is 9.46 Å². The van der Waals surface area contributed by atoms with E-state index in [0.717, 1.165) is 12.8 Å². The first kappa shape index (κ1) is 32.8. The standard InChI is InChI=1S/C27H58N3O2P/c1-6-7-8-9-10-11-12-13-14-15-16-17-18-19-20-21-27(31)29-23-26(22-28)32-33-30(24(2)3)25(4)5/h24-26,33H,6-23,28H2,1-5H3,(H,29,31). The van der Waals surface area contributed by atoms with Crippen LogP contribution in [-0.2, 0) is 9.32 Å². The van der Waals surface area contributed by atoms with Crippen molar-refractivity contribution in [3.05, 3.63) is 0 Å². The quantitative estimate of drug-likeness (QED) is 0.110. The highest BCUT2D eigenvalue weighted by Gasteiger charge is 2.17. The van der Waals surface area contributed by atoms with Gasteiger partial charge in [-0.1, -0.05) is 96.8 Å². The summed E-state index contributed by atoms with van der Waals surface area (Å²) in [5.41, 5.74) is 5.84. The molecule has 0 spiro atoms. The minimum Gasteiger partial charge on any atom is -0.353 e. The zero-order chi connectivity index (χ0) is 24.7. The van der Waals surface area contributed by atoms with Crippen LogP contribution in [0.2, 0.25) is 0 Å². The van der Waals surface area contributed by atoms with Crippen molar-refractivity contribution in [3.63, 3.8) is 0 Å². The topological polar surface area (TPSA) is 67.6 Å². The summed E-state index contributed by atoms with van der Waals surface area (Å²) < 4.78 is 8.28. The molecule has 2 unspecified atom stereocenters. The highest BCUT2D eigenvalue weighted by molar-refractivity contribution is 7.29. The van der Waals surface area contributed by atoms with Gasteiger partial charge in [-0.2, -0.15) is 0 Å². The van der Waals surface area contributed by atoms with Crippen molar-refractivity contribution in [1.82, 2.24) is 9.99 Å². The summed E-state index contributed by atoms with van der Waals surface area (Å²) in [7, 11) is 0.276. The zero-order valence-electron chi connectivity index (χ0n) is 22.8. The van der Waals surface area contributed by atoms with Crippen molar-refractivity contribution in [2.45, 2.75) is 156 Å². The van der Waals surface area contributed by atoms with Crippen LogP contribution in [0.4, 0.5) is 0 Å². The molecule has 0 fully saturated rings. The van der Waals surface area contributed by atoms with Crippen LogP contribution in [0.15, 0.2) is 0 Å². The Morgan fingerprint density at radius 2 is 1.21 bits per heavy atom. The molecule has 0 saturated carbocycles. The third-order valence-corrected chi connectivity index (χ3v) is 7.92. The third kappa shape index (κ3) is 20.8. The van der Waals surface area contributed by atoms with Gasteiger partial charge in [0.15, 0.2) is 0 Å². The lowest BCUT2D eigenvalue weighted by atomic mass is 10.0. The van der Waals surface area contributed by atoms with E-state index < -0.39 is 0 Å². The van der Waals surface area contributed by atoms with E-state index in [0.29, 0.717) is 31.6 Å². The minimum atomic E-state index is -0.117. The van der Waals surface area contributed by atoms with Gasteiger partial charge in [-0.05, 0) is 34.1 Å². The maximum Gasteiger partial charge on any atom is 0.220 e.